The molecule has 0 radical (unpaired) electrons. The largest absolute Gasteiger partial charge is 0.378 e. The zero-order chi connectivity index (χ0) is 25.4. The molecule has 0 saturated carbocycles. The van der Waals surface area contributed by atoms with Gasteiger partial charge in [-0.15, -0.1) is 6.58 Å². The van der Waals surface area contributed by atoms with E-state index in [1.165, 1.54) is 0 Å². The molecule has 1 saturated heterocycles. The fraction of sp³-hybridized carbons (Fsp3) is 0.500. The Morgan fingerprint density at radius 3 is 2.42 bits per heavy atom. The van der Waals surface area contributed by atoms with Crippen LogP contribution in [0.15, 0.2) is 36.9 Å². The van der Waals surface area contributed by atoms with Crippen molar-refractivity contribution in [2.24, 2.45) is 5.73 Å². The van der Waals surface area contributed by atoms with Crippen LogP contribution in [0.1, 0.15) is 15.9 Å². The Morgan fingerprint density at radius 2 is 1.72 bits per heavy atom. The second-order valence-corrected chi connectivity index (χ2v) is 7.87. The molecule has 3 rings (SSSR count). The van der Waals surface area contributed by atoms with E-state index in [9.17, 15) is 4.79 Å². The number of carbonyl (C=O) groups is 1. The highest BCUT2D eigenvalue weighted by Gasteiger charge is 2.16. The summed E-state index contributed by atoms with van der Waals surface area (Å²) in [5.74, 6) is 1.39. The van der Waals surface area contributed by atoms with Gasteiger partial charge in [0.15, 0.2) is 0 Å². The first kappa shape index (κ1) is 27.3. The molecule has 1 fully saturated rings. The summed E-state index contributed by atoms with van der Waals surface area (Å²) in [6.07, 6.45) is 1.75. The average Bonchev–Trinajstić information content (AvgIpc) is 2.92. The van der Waals surface area contributed by atoms with Crippen molar-refractivity contribution < 1.29 is 19.0 Å². The normalized spacial score (nSPS) is 13.3. The number of benzene rings is 1. The molecule has 1 aromatic carbocycles. The third kappa shape index (κ3) is 9.38. The number of ether oxygens (including phenoxy) is 3. The van der Waals surface area contributed by atoms with Crippen molar-refractivity contribution in [2.75, 3.05) is 87.9 Å². The standard InChI is InChI=1S/C24H36N8O4/c1-2-8-27-22-29-23(31-24(30-22)32-10-14-36-15-11-32)28-18-19-3-5-20(6-4-19)21(33)26-9-13-35-17-16-34-12-7-25/h2-6H,1,7-18,25H2,(H,26,33)(H2,27,28,29,30,31). The van der Waals surface area contributed by atoms with Crippen LogP contribution in [0, 0.1) is 0 Å². The maximum absolute atomic E-state index is 12.3. The van der Waals surface area contributed by atoms with Crippen LogP contribution in [0.2, 0.25) is 0 Å². The van der Waals surface area contributed by atoms with Gasteiger partial charge in [-0.05, 0) is 17.7 Å². The number of hydrogen-bond acceptors (Lipinski definition) is 11. The van der Waals surface area contributed by atoms with Crippen LogP contribution in [0.25, 0.3) is 0 Å². The molecule has 0 unspecified atom stereocenters. The van der Waals surface area contributed by atoms with Crippen LogP contribution < -0.4 is 26.6 Å². The molecule has 36 heavy (non-hydrogen) atoms. The Morgan fingerprint density at radius 1 is 1.03 bits per heavy atom. The van der Waals surface area contributed by atoms with Gasteiger partial charge in [0.1, 0.15) is 0 Å². The number of nitrogens with zero attached hydrogens (tertiary/aromatic N) is 4. The highest BCUT2D eigenvalue weighted by molar-refractivity contribution is 5.94. The van der Waals surface area contributed by atoms with E-state index in [4.69, 9.17) is 19.9 Å². The topological polar surface area (TPSA) is 149 Å². The Bertz CT molecular complexity index is 938. The van der Waals surface area contributed by atoms with Crippen molar-refractivity contribution >= 4 is 23.8 Å². The van der Waals surface area contributed by atoms with Gasteiger partial charge in [-0.3, -0.25) is 4.79 Å². The monoisotopic (exact) mass is 500 g/mol. The molecule has 0 spiro atoms. The van der Waals surface area contributed by atoms with Crippen LogP contribution in [0.4, 0.5) is 17.8 Å². The minimum Gasteiger partial charge on any atom is -0.378 e. The van der Waals surface area contributed by atoms with E-state index in [1.807, 2.05) is 12.1 Å². The Kier molecular flexibility index (Phi) is 11.8. The van der Waals surface area contributed by atoms with E-state index >= 15 is 0 Å². The van der Waals surface area contributed by atoms with Gasteiger partial charge < -0.3 is 40.8 Å². The van der Waals surface area contributed by atoms with E-state index < -0.39 is 0 Å². The number of nitrogens with one attached hydrogen (secondary N) is 3. The predicted octanol–water partition coefficient (Wildman–Crippen LogP) is 0.640. The van der Waals surface area contributed by atoms with Crippen molar-refractivity contribution in [3.8, 4) is 0 Å². The fourth-order valence-electron chi connectivity index (χ4n) is 3.29. The molecular weight excluding hydrogens is 464 g/mol. The molecule has 1 aromatic heterocycles. The van der Waals surface area contributed by atoms with Crippen LogP contribution in [-0.4, -0.2) is 93.2 Å². The van der Waals surface area contributed by atoms with Gasteiger partial charge in [0, 0.05) is 44.8 Å². The summed E-state index contributed by atoms with van der Waals surface area (Å²) in [5.41, 5.74) is 6.92. The Hall–Kier alpha value is -3.32. The number of carbonyl (C=O) groups excluding carboxylic acids is 1. The zero-order valence-corrected chi connectivity index (χ0v) is 20.6. The minimum absolute atomic E-state index is 0.150. The summed E-state index contributed by atoms with van der Waals surface area (Å²) in [7, 11) is 0. The van der Waals surface area contributed by atoms with Crippen LogP contribution in [-0.2, 0) is 20.8 Å². The first-order valence-corrected chi connectivity index (χ1v) is 12.1. The lowest BCUT2D eigenvalue weighted by molar-refractivity contribution is 0.0511. The lowest BCUT2D eigenvalue weighted by atomic mass is 10.1. The Labute approximate surface area is 211 Å². The van der Waals surface area contributed by atoms with E-state index in [0.29, 0.717) is 89.2 Å². The lowest BCUT2D eigenvalue weighted by Crippen LogP contribution is -2.37. The Balaban J connectivity index is 1.48. The summed E-state index contributed by atoms with van der Waals surface area (Å²) in [6.45, 7) is 10.3. The second kappa shape index (κ2) is 15.6. The maximum atomic E-state index is 12.3. The molecule has 0 atom stereocenters. The molecule has 1 aliphatic heterocycles. The second-order valence-electron chi connectivity index (χ2n) is 7.87. The van der Waals surface area contributed by atoms with Gasteiger partial charge in [-0.1, -0.05) is 18.2 Å². The van der Waals surface area contributed by atoms with Gasteiger partial charge >= 0.3 is 0 Å². The van der Waals surface area contributed by atoms with Gasteiger partial charge in [0.2, 0.25) is 17.8 Å². The molecule has 2 heterocycles. The molecule has 12 nitrogen and oxygen atoms in total. The predicted molar refractivity (Wildman–Crippen MR) is 138 cm³/mol. The van der Waals surface area contributed by atoms with Crippen molar-refractivity contribution in [2.45, 2.75) is 6.54 Å². The summed E-state index contributed by atoms with van der Waals surface area (Å²) < 4.78 is 16.1. The molecule has 196 valence electrons. The third-order valence-electron chi connectivity index (χ3n) is 5.15. The van der Waals surface area contributed by atoms with Crippen LogP contribution >= 0.6 is 0 Å². The van der Waals surface area contributed by atoms with E-state index in [-0.39, 0.29) is 5.91 Å². The highest BCUT2D eigenvalue weighted by Crippen LogP contribution is 2.16. The summed E-state index contributed by atoms with van der Waals surface area (Å²) >= 11 is 0. The molecule has 5 N–H and O–H groups in total. The quantitative estimate of drug-likeness (QED) is 0.190. The summed E-state index contributed by atoms with van der Waals surface area (Å²) in [6, 6.07) is 7.37. The van der Waals surface area contributed by atoms with Crippen LogP contribution in [0.3, 0.4) is 0 Å². The summed E-state index contributed by atoms with van der Waals surface area (Å²) in [5, 5.41) is 9.22. The van der Waals surface area contributed by atoms with Crippen LogP contribution in [0.5, 0.6) is 0 Å². The average molecular weight is 501 g/mol. The number of rotatable bonds is 16. The van der Waals surface area contributed by atoms with E-state index in [1.54, 1.807) is 18.2 Å². The zero-order valence-electron chi connectivity index (χ0n) is 20.6. The maximum Gasteiger partial charge on any atom is 0.251 e. The first-order chi connectivity index (χ1) is 17.7. The van der Waals surface area contributed by atoms with Gasteiger partial charge in [0.05, 0.1) is 39.6 Å². The van der Waals surface area contributed by atoms with Crippen molar-refractivity contribution in [1.29, 1.82) is 0 Å². The number of nitrogens with two attached hydrogens (primary N) is 1. The van der Waals surface area contributed by atoms with Crippen molar-refractivity contribution in [3.63, 3.8) is 0 Å². The molecule has 0 bridgehead atoms. The molecular formula is C24H36N8O4. The molecule has 12 heteroatoms. The smallest absolute Gasteiger partial charge is 0.251 e. The molecule has 1 aliphatic rings. The number of anilines is 3. The van der Waals surface area contributed by atoms with Crippen molar-refractivity contribution in [1.82, 2.24) is 20.3 Å². The molecule has 1 amide bonds. The molecule has 2 aromatic rings. The van der Waals surface area contributed by atoms with Gasteiger partial charge in [-0.25, -0.2) is 0 Å². The van der Waals surface area contributed by atoms with E-state index in [2.05, 4.69) is 42.4 Å². The van der Waals surface area contributed by atoms with Crippen molar-refractivity contribution in [3.05, 3.63) is 48.0 Å². The van der Waals surface area contributed by atoms with Gasteiger partial charge in [-0.2, -0.15) is 15.0 Å². The molecule has 0 aliphatic carbocycles. The van der Waals surface area contributed by atoms with E-state index in [0.717, 1.165) is 18.7 Å². The highest BCUT2D eigenvalue weighted by atomic mass is 16.5. The van der Waals surface area contributed by atoms with Gasteiger partial charge in [0.25, 0.3) is 5.91 Å². The number of amides is 1. The fourth-order valence-corrected chi connectivity index (χ4v) is 3.29. The minimum atomic E-state index is -0.150. The third-order valence-corrected chi connectivity index (χ3v) is 5.15. The lowest BCUT2D eigenvalue weighted by Gasteiger charge is -2.27. The number of aromatic nitrogens is 3. The summed E-state index contributed by atoms with van der Waals surface area (Å²) in [4.78, 5) is 28.0. The first-order valence-electron chi connectivity index (χ1n) is 12.1. The number of hydrogen-bond donors (Lipinski definition) is 4. The SMILES string of the molecule is C=CCNc1nc(NCc2ccc(C(=O)NCCOCCOCCN)cc2)nc(N2CCOCC2)n1. The number of morpholine rings is 1.